The van der Waals surface area contributed by atoms with Crippen LogP contribution in [0.3, 0.4) is 0 Å². The number of aliphatic hydroxyl groups excluding tert-OH is 1. The maximum Gasteiger partial charge on any atom is 0.311 e. The van der Waals surface area contributed by atoms with Gasteiger partial charge in [-0.1, -0.05) is 0 Å². The van der Waals surface area contributed by atoms with Crippen molar-refractivity contribution in [3.8, 4) is 0 Å². The Kier molecular flexibility index (Phi) is 2.84. The minimum atomic E-state index is -0.698. The number of rotatable bonds is 1. The molecule has 4 heteroatoms. The fourth-order valence-corrected chi connectivity index (χ4v) is 1.15. The van der Waals surface area contributed by atoms with Crippen LogP contribution in [0.2, 0.25) is 0 Å². The number of aliphatic hydroxyl groups is 1. The normalized spacial score (nSPS) is 31.5. The van der Waals surface area contributed by atoms with E-state index in [0.29, 0.717) is 13.0 Å². The number of carbonyl (C=O) groups excluding carboxylic acids is 1. The van der Waals surface area contributed by atoms with Crippen LogP contribution in [-0.4, -0.2) is 37.5 Å². The summed E-state index contributed by atoms with van der Waals surface area (Å²) in [6, 6.07) is 0. The van der Waals surface area contributed by atoms with Crippen molar-refractivity contribution >= 4 is 5.97 Å². The van der Waals surface area contributed by atoms with Crippen molar-refractivity contribution in [2.75, 3.05) is 20.3 Å². The average Bonchev–Trinajstić information content (AvgIpc) is 2.04. The summed E-state index contributed by atoms with van der Waals surface area (Å²) in [5.41, 5.74) is 0. The minimum absolute atomic E-state index is 0.236. The second-order valence-corrected chi connectivity index (χ2v) is 2.56. The predicted molar refractivity (Wildman–Crippen MR) is 36.9 cm³/mol. The first-order valence-electron chi connectivity index (χ1n) is 3.59. The highest BCUT2D eigenvalue weighted by molar-refractivity contribution is 5.73. The Bertz CT molecular complexity index is 145. The summed E-state index contributed by atoms with van der Waals surface area (Å²) in [5.74, 6) is -0.741. The van der Waals surface area contributed by atoms with Crippen LogP contribution in [0.25, 0.3) is 0 Å². The first kappa shape index (κ1) is 8.49. The van der Waals surface area contributed by atoms with Gasteiger partial charge in [-0.2, -0.15) is 0 Å². The molecule has 0 aromatic rings. The fraction of sp³-hybridized carbons (Fsp3) is 0.857. The van der Waals surface area contributed by atoms with E-state index in [-0.39, 0.29) is 12.6 Å². The molecule has 0 spiro atoms. The quantitative estimate of drug-likeness (QED) is 0.528. The van der Waals surface area contributed by atoms with E-state index in [1.165, 1.54) is 7.11 Å². The lowest BCUT2D eigenvalue weighted by molar-refractivity contribution is -0.156. The lowest BCUT2D eigenvalue weighted by Gasteiger charge is -2.25. The zero-order chi connectivity index (χ0) is 8.27. The Morgan fingerprint density at radius 3 is 3.00 bits per heavy atom. The highest BCUT2D eigenvalue weighted by atomic mass is 16.5. The lowest BCUT2D eigenvalue weighted by Crippen LogP contribution is -2.37. The van der Waals surface area contributed by atoms with E-state index in [1.807, 2.05) is 0 Å². The molecular weight excluding hydrogens is 148 g/mol. The van der Waals surface area contributed by atoms with E-state index in [0.717, 1.165) is 0 Å². The molecule has 0 amide bonds. The third-order valence-corrected chi connectivity index (χ3v) is 1.83. The molecular formula is C7H12O4. The van der Waals surface area contributed by atoms with E-state index >= 15 is 0 Å². The summed E-state index contributed by atoms with van der Waals surface area (Å²) in [6.45, 7) is 0.761. The zero-order valence-electron chi connectivity index (χ0n) is 6.45. The van der Waals surface area contributed by atoms with Crippen molar-refractivity contribution in [2.45, 2.75) is 12.5 Å². The van der Waals surface area contributed by atoms with Crippen LogP contribution in [0.4, 0.5) is 0 Å². The van der Waals surface area contributed by atoms with Gasteiger partial charge in [-0.15, -0.1) is 0 Å². The van der Waals surface area contributed by atoms with Gasteiger partial charge >= 0.3 is 5.97 Å². The van der Waals surface area contributed by atoms with Gasteiger partial charge < -0.3 is 14.6 Å². The molecule has 0 aromatic carbocycles. The molecule has 0 aromatic heterocycles. The van der Waals surface area contributed by atoms with Crippen molar-refractivity contribution in [1.29, 1.82) is 0 Å². The number of hydrogen-bond donors (Lipinski definition) is 1. The lowest BCUT2D eigenvalue weighted by atomic mass is 9.98. The Morgan fingerprint density at radius 1 is 1.73 bits per heavy atom. The van der Waals surface area contributed by atoms with E-state index in [4.69, 9.17) is 4.74 Å². The van der Waals surface area contributed by atoms with E-state index in [2.05, 4.69) is 4.74 Å². The van der Waals surface area contributed by atoms with Crippen molar-refractivity contribution in [2.24, 2.45) is 5.92 Å². The molecule has 0 radical (unpaired) electrons. The largest absolute Gasteiger partial charge is 0.469 e. The molecule has 1 aliphatic heterocycles. The second kappa shape index (κ2) is 3.69. The van der Waals surface area contributed by atoms with Gasteiger partial charge in [0, 0.05) is 6.61 Å². The Hall–Kier alpha value is -0.610. The van der Waals surface area contributed by atoms with E-state index in [1.54, 1.807) is 0 Å². The van der Waals surface area contributed by atoms with Crippen LogP contribution in [0, 0.1) is 5.92 Å². The van der Waals surface area contributed by atoms with Gasteiger partial charge in [-0.25, -0.2) is 0 Å². The van der Waals surface area contributed by atoms with Crippen LogP contribution in [0.1, 0.15) is 6.42 Å². The number of carbonyl (C=O) groups is 1. The molecule has 1 heterocycles. The van der Waals surface area contributed by atoms with Crippen LogP contribution in [-0.2, 0) is 14.3 Å². The summed E-state index contributed by atoms with van der Waals surface area (Å²) in [7, 11) is 1.32. The van der Waals surface area contributed by atoms with Gasteiger partial charge in [0.2, 0.25) is 0 Å². The summed E-state index contributed by atoms with van der Waals surface area (Å²) >= 11 is 0. The molecule has 0 bridgehead atoms. The minimum Gasteiger partial charge on any atom is -0.469 e. The van der Waals surface area contributed by atoms with E-state index < -0.39 is 12.0 Å². The number of esters is 1. The molecule has 4 nitrogen and oxygen atoms in total. The monoisotopic (exact) mass is 160 g/mol. The summed E-state index contributed by atoms with van der Waals surface area (Å²) in [4.78, 5) is 10.9. The topological polar surface area (TPSA) is 55.8 Å². The molecule has 1 rings (SSSR count). The first-order chi connectivity index (χ1) is 5.25. The van der Waals surface area contributed by atoms with Gasteiger partial charge in [-0.3, -0.25) is 4.79 Å². The maximum absolute atomic E-state index is 10.9. The van der Waals surface area contributed by atoms with Crippen molar-refractivity contribution in [3.63, 3.8) is 0 Å². The van der Waals surface area contributed by atoms with Crippen LogP contribution >= 0.6 is 0 Å². The number of hydrogen-bond acceptors (Lipinski definition) is 4. The Morgan fingerprint density at radius 2 is 2.45 bits per heavy atom. The number of ether oxygens (including phenoxy) is 2. The highest BCUT2D eigenvalue weighted by Crippen LogP contribution is 2.16. The standard InChI is InChI=1S/C7H12O4/c1-10-7(9)5-2-3-11-4-6(5)8/h5-6,8H,2-4H2,1H3/t5-,6-/m0/s1. The summed E-state index contributed by atoms with van der Waals surface area (Å²) < 4.78 is 9.45. The average molecular weight is 160 g/mol. The summed E-state index contributed by atoms with van der Waals surface area (Å²) in [6.07, 6.45) is -0.149. The second-order valence-electron chi connectivity index (χ2n) is 2.56. The molecule has 11 heavy (non-hydrogen) atoms. The molecule has 2 atom stereocenters. The van der Waals surface area contributed by atoms with Crippen LogP contribution in [0.5, 0.6) is 0 Å². The Labute approximate surface area is 65.1 Å². The molecule has 1 aliphatic rings. The fourth-order valence-electron chi connectivity index (χ4n) is 1.15. The van der Waals surface area contributed by atoms with Crippen LogP contribution in [0.15, 0.2) is 0 Å². The third-order valence-electron chi connectivity index (χ3n) is 1.83. The van der Waals surface area contributed by atoms with Gasteiger partial charge in [0.1, 0.15) is 0 Å². The summed E-state index contributed by atoms with van der Waals surface area (Å²) in [5, 5.41) is 9.24. The SMILES string of the molecule is COC(=O)[C@H]1CCOC[C@@H]1O. The van der Waals surface area contributed by atoms with Gasteiger partial charge in [0.15, 0.2) is 0 Å². The van der Waals surface area contributed by atoms with Crippen molar-refractivity contribution < 1.29 is 19.4 Å². The smallest absolute Gasteiger partial charge is 0.311 e. The molecule has 0 saturated carbocycles. The molecule has 0 unspecified atom stereocenters. The maximum atomic E-state index is 10.9. The molecule has 0 aliphatic carbocycles. The first-order valence-corrected chi connectivity index (χ1v) is 3.59. The molecule has 1 N–H and O–H groups in total. The zero-order valence-corrected chi connectivity index (χ0v) is 6.45. The highest BCUT2D eigenvalue weighted by Gasteiger charge is 2.30. The van der Waals surface area contributed by atoms with Gasteiger partial charge in [-0.05, 0) is 6.42 Å². The molecule has 64 valence electrons. The predicted octanol–water partition coefficient (Wildman–Crippen LogP) is -0.443. The van der Waals surface area contributed by atoms with Gasteiger partial charge in [0.25, 0.3) is 0 Å². The molecule has 1 fully saturated rings. The third kappa shape index (κ3) is 1.91. The van der Waals surface area contributed by atoms with Gasteiger partial charge in [0.05, 0.1) is 25.7 Å². The van der Waals surface area contributed by atoms with Crippen LogP contribution < -0.4 is 0 Å². The van der Waals surface area contributed by atoms with E-state index in [9.17, 15) is 9.90 Å². The Balaban J connectivity index is 2.47. The van der Waals surface area contributed by atoms with Crippen molar-refractivity contribution in [1.82, 2.24) is 0 Å². The number of methoxy groups -OCH3 is 1. The molecule has 1 saturated heterocycles. The van der Waals surface area contributed by atoms with Crippen molar-refractivity contribution in [3.05, 3.63) is 0 Å².